The zero-order valence-electron chi connectivity index (χ0n) is 5.70. The summed E-state index contributed by atoms with van der Waals surface area (Å²) in [5.41, 5.74) is 0. The molecule has 1 aromatic rings. The Balaban J connectivity index is 3.21. The normalized spacial score (nSPS) is 9.82. The maximum Gasteiger partial charge on any atom is 0.134 e. The van der Waals surface area contributed by atoms with Crippen LogP contribution in [0.2, 0.25) is 0 Å². The molecule has 1 nitrogen and oxygen atoms in total. The van der Waals surface area contributed by atoms with E-state index < -0.39 is 0 Å². The number of rotatable bonds is 1. The summed E-state index contributed by atoms with van der Waals surface area (Å²) in [4.78, 5) is 0. The summed E-state index contributed by atoms with van der Waals surface area (Å²) in [6.07, 6.45) is 0. The lowest BCUT2D eigenvalue weighted by molar-refractivity contribution is 0.411. The molecule has 0 spiro atoms. The Hall–Kier alpha value is 0.710. The molecule has 0 saturated heterocycles. The van der Waals surface area contributed by atoms with Crippen LogP contribution in [-0.2, 0) is 0 Å². The molecular weight excluding hydrogens is 387 g/mol. The van der Waals surface area contributed by atoms with Crippen molar-refractivity contribution in [3.8, 4) is 5.75 Å². The molecule has 60 valence electrons. The molecule has 0 atom stereocenters. The van der Waals surface area contributed by atoms with E-state index in [4.69, 9.17) is 4.74 Å². The first-order valence-corrected chi connectivity index (χ1v) is 5.50. The second-order valence-corrected chi connectivity index (χ2v) is 4.77. The average molecular weight is 392 g/mol. The van der Waals surface area contributed by atoms with Gasteiger partial charge in [0.1, 0.15) is 5.75 Å². The first kappa shape index (κ1) is 9.80. The molecule has 0 unspecified atom stereocenters. The number of methoxy groups -OCH3 is 1. The van der Waals surface area contributed by atoms with Crippen molar-refractivity contribution in [3.05, 3.63) is 24.6 Å². The van der Waals surface area contributed by atoms with E-state index in [2.05, 4.69) is 54.5 Å². The fourth-order valence-corrected chi connectivity index (χ4v) is 2.38. The van der Waals surface area contributed by atoms with E-state index in [0.717, 1.165) is 18.3 Å². The van der Waals surface area contributed by atoms with Crippen LogP contribution in [0.3, 0.4) is 0 Å². The second-order valence-electron chi connectivity index (χ2n) is 1.90. The Morgan fingerprint density at radius 1 is 1.27 bits per heavy atom. The van der Waals surface area contributed by atoms with Gasteiger partial charge >= 0.3 is 0 Å². The molecule has 1 rings (SSSR count). The summed E-state index contributed by atoms with van der Waals surface area (Å²) >= 11 is 9.05. The molecule has 0 aromatic heterocycles. The van der Waals surface area contributed by atoms with Crippen LogP contribution in [0.25, 0.3) is 0 Å². The number of hydrogen-bond acceptors (Lipinski definition) is 1. The SMILES string of the molecule is COc1cc(Br)c(I)cc1Br. The third kappa shape index (κ3) is 2.32. The molecule has 0 heterocycles. The predicted octanol–water partition coefficient (Wildman–Crippen LogP) is 3.82. The molecule has 0 aliphatic heterocycles. The minimum Gasteiger partial charge on any atom is -0.496 e. The van der Waals surface area contributed by atoms with Crippen molar-refractivity contribution >= 4 is 54.5 Å². The average Bonchev–Trinajstić information content (AvgIpc) is 1.97. The predicted molar refractivity (Wildman–Crippen MR) is 61.1 cm³/mol. The fourth-order valence-electron chi connectivity index (χ4n) is 0.661. The molecule has 0 N–H and O–H groups in total. The van der Waals surface area contributed by atoms with Gasteiger partial charge in [-0.3, -0.25) is 0 Å². The van der Waals surface area contributed by atoms with E-state index in [9.17, 15) is 0 Å². The van der Waals surface area contributed by atoms with Crippen LogP contribution in [0.1, 0.15) is 0 Å². The van der Waals surface area contributed by atoms with E-state index >= 15 is 0 Å². The molecule has 0 saturated carbocycles. The number of benzene rings is 1. The van der Waals surface area contributed by atoms with Gasteiger partial charge in [0.25, 0.3) is 0 Å². The van der Waals surface area contributed by atoms with Crippen molar-refractivity contribution in [1.29, 1.82) is 0 Å². The minimum absolute atomic E-state index is 0.845. The van der Waals surface area contributed by atoms with E-state index in [1.165, 1.54) is 0 Å². The maximum atomic E-state index is 5.10. The molecule has 0 aliphatic rings. The Bertz CT molecular complexity index is 275. The maximum absolute atomic E-state index is 5.10. The summed E-state index contributed by atoms with van der Waals surface area (Å²) in [5, 5.41) is 0. The summed E-state index contributed by atoms with van der Waals surface area (Å²) in [6.45, 7) is 0. The van der Waals surface area contributed by atoms with Gasteiger partial charge in [0, 0.05) is 8.04 Å². The van der Waals surface area contributed by atoms with Gasteiger partial charge in [-0.1, -0.05) is 0 Å². The molecule has 0 radical (unpaired) electrons. The second kappa shape index (κ2) is 4.09. The molecule has 0 amide bonds. The Kier molecular flexibility index (Phi) is 3.64. The van der Waals surface area contributed by atoms with E-state index in [1.54, 1.807) is 7.11 Å². The van der Waals surface area contributed by atoms with Crippen molar-refractivity contribution in [1.82, 2.24) is 0 Å². The first-order chi connectivity index (χ1) is 5.15. The highest BCUT2D eigenvalue weighted by molar-refractivity contribution is 14.1. The van der Waals surface area contributed by atoms with Crippen LogP contribution in [0, 0.1) is 3.57 Å². The van der Waals surface area contributed by atoms with Crippen molar-refractivity contribution < 1.29 is 4.74 Å². The minimum atomic E-state index is 0.845. The van der Waals surface area contributed by atoms with Crippen LogP contribution >= 0.6 is 54.5 Å². The van der Waals surface area contributed by atoms with Crippen LogP contribution in [0.15, 0.2) is 21.1 Å². The third-order valence-electron chi connectivity index (χ3n) is 1.19. The highest BCUT2D eigenvalue weighted by Crippen LogP contribution is 2.31. The molecule has 4 heteroatoms. The number of ether oxygens (including phenoxy) is 1. The van der Waals surface area contributed by atoms with Crippen LogP contribution < -0.4 is 4.74 Å². The first-order valence-electron chi connectivity index (χ1n) is 2.83. The molecule has 1 aromatic carbocycles. The zero-order chi connectivity index (χ0) is 8.43. The van der Waals surface area contributed by atoms with Gasteiger partial charge in [-0.15, -0.1) is 0 Å². The van der Waals surface area contributed by atoms with Crippen LogP contribution in [-0.4, -0.2) is 7.11 Å². The highest BCUT2D eigenvalue weighted by Gasteiger charge is 2.03. The van der Waals surface area contributed by atoms with E-state index in [-0.39, 0.29) is 0 Å². The lowest BCUT2D eigenvalue weighted by Gasteiger charge is -2.04. The van der Waals surface area contributed by atoms with Gasteiger partial charge in [0.2, 0.25) is 0 Å². The van der Waals surface area contributed by atoms with Crippen molar-refractivity contribution in [2.24, 2.45) is 0 Å². The van der Waals surface area contributed by atoms with Gasteiger partial charge in [-0.2, -0.15) is 0 Å². The Morgan fingerprint density at radius 2 is 1.91 bits per heavy atom. The van der Waals surface area contributed by atoms with E-state index in [0.29, 0.717) is 0 Å². The van der Waals surface area contributed by atoms with Gasteiger partial charge in [0.05, 0.1) is 11.6 Å². The monoisotopic (exact) mass is 390 g/mol. The molecular formula is C7H5Br2IO. The number of halogens is 3. The van der Waals surface area contributed by atoms with Gasteiger partial charge < -0.3 is 4.74 Å². The van der Waals surface area contributed by atoms with E-state index in [1.807, 2.05) is 12.1 Å². The zero-order valence-corrected chi connectivity index (χ0v) is 11.0. The van der Waals surface area contributed by atoms with Crippen LogP contribution in [0.4, 0.5) is 0 Å². The Labute approximate surface area is 95.9 Å². The van der Waals surface area contributed by atoms with Crippen molar-refractivity contribution in [2.45, 2.75) is 0 Å². The third-order valence-corrected chi connectivity index (χ3v) is 4.10. The molecule has 0 bridgehead atoms. The summed E-state index contributed by atoms with van der Waals surface area (Å²) in [6, 6.07) is 3.94. The van der Waals surface area contributed by atoms with Gasteiger partial charge in [-0.25, -0.2) is 0 Å². The summed E-state index contributed by atoms with van der Waals surface area (Å²) < 4.78 is 8.30. The largest absolute Gasteiger partial charge is 0.496 e. The molecule has 0 fully saturated rings. The lowest BCUT2D eigenvalue weighted by atomic mass is 10.3. The quantitative estimate of drug-likeness (QED) is 0.522. The van der Waals surface area contributed by atoms with Crippen molar-refractivity contribution in [2.75, 3.05) is 7.11 Å². The van der Waals surface area contributed by atoms with Crippen molar-refractivity contribution in [3.63, 3.8) is 0 Å². The summed E-state index contributed by atoms with van der Waals surface area (Å²) in [7, 11) is 1.65. The van der Waals surface area contributed by atoms with Gasteiger partial charge in [0.15, 0.2) is 0 Å². The topological polar surface area (TPSA) is 9.23 Å². The molecule has 11 heavy (non-hydrogen) atoms. The lowest BCUT2D eigenvalue weighted by Crippen LogP contribution is -1.85. The fraction of sp³-hybridized carbons (Fsp3) is 0.143. The van der Waals surface area contributed by atoms with Gasteiger partial charge in [-0.05, 0) is 66.6 Å². The summed E-state index contributed by atoms with van der Waals surface area (Å²) in [5.74, 6) is 0.845. The Morgan fingerprint density at radius 3 is 2.45 bits per heavy atom. The number of hydrogen-bond donors (Lipinski definition) is 0. The standard InChI is InChI=1S/C7H5Br2IO/c1-11-7-3-4(8)6(10)2-5(7)9/h2-3H,1H3. The highest BCUT2D eigenvalue weighted by atomic mass is 127. The smallest absolute Gasteiger partial charge is 0.134 e. The van der Waals surface area contributed by atoms with Crippen LogP contribution in [0.5, 0.6) is 5.75 Å². The molecule has 0 aliphatic carbocycles.